The number of nitrogens with zero attached hydrogens (tertiary/aromatic N) is 2. The van der Waals surface area contributed by atoms with Gasteiger partial charge in [0.05, 0.1) is 29.3 Å². The first-order valence-corrected chi connectivity index (χ1v) is 12.4. The molecule has 2 saturated heterocycles. The topological polar surface area (TPSA) is 145 Å². The molecule has 0 spiro atoms. The molecule has 3 heterocycles. The first kappa shape index (κ1) is 26.0. The maximum Gasteiger partial charge on any atom is 0.511 e. The number of alkyl carbamates (subject to hydrolysis) is 1. The number of halogens is 2. The standard InChI is InChI=1S/C25H30F2N4O7/c1-24(2,3)38-22(33)29-10-25-11-30(8-12(25)6-7-36-25)20-16(26)18(28)15-19(17(20)27)31(13-4-5-13)9-14(21(15)32)37-23(34)35/h9,12-13H,4-8,10-11,28H2,1-3H3,(H,29,33)(H,34,35). The number of anilines is 2. The fourth-order valence-corrected chi connectivity index (χ4v) is 5.44. The zero-order valence-electron chi connectivity index (χ0n) is 21.3. The number of carbonyl (C=O) groups is 2. The van der Waals surface area contributed by atoms with Gasteiger partial charge in [-0.25, -0.2) is 18.4 Å². The predicted octanol–water partition coefficient (Wildman–Crippen LogP) is 3.37. The molecule has 38 heavy (non-hydrogen) atoms. The number of fused-ring (bicyclic) bond motifs is 2. The highest BCUT2D eigenvalue weighted by atomic mass is 19.1. The summed E-state index contributed by atoms with van der Waals surface area (Å²) in [5, 5.41) is 11.3. The smallest absolute Gasteiger partial charge is 0.449 e. The van der Waals surface area contributed by atoms with E-state index in [1.165, 1.54) is 9.47 Å². The summed E-state index contributed by atoms with van der Waals surface area (Å²) in [5.74, 6) is -2.82. The van der Waals surface area contributed by atoms with Crippen LogP contribution in [0.5, 0.6) is 5.75 Å². The number of amides is 1. The van der Waals surface area contributed by atoms with Gasteiger partial charge in [0.2, 0.25) is 5.43 Å². The molecule has 1 aromatic carbocycles. The van der Waals surface area contributed by atoms with Crippen LogP contribution in [0, 0.1) is 17.6 Å². The highest BCUT2D eigenvalue weighted by molar-refractivity contribution is 5.96. The van der Waals surface area contributed by atoms with E-state index in [1.54, 1.807) is 20.8 Å². The number of aromatic nitrogens is 1. The van der Waals surface area contributed by atoms with Crippen LogP contribution < -0.4 is 26.1 Å². The number of nitrogens with two attached hydrogens (primary N) is 1. The van der Waals surface area contributed by atoms with Crippen LogP contribution in [0.1, 0.15) is 46.1 Å². The van der Waals surface area contributed by atoms with Crippen LogP contribution in [0.2, 0.25) is 0 Å². The van der Waals surface area contributed by atoms with Crippen molar-refractivity contribution in [2.24, 2.45) is 5.92 Å². The lowest BCUT2D eigenvalue weighted by Gasteiger charge is -2.30. The second-order valence-corrected chi connectivity index (χ2v) is 11.1. The summed E-state index contributed by atoms with van der Waals surface area (Å²) in [6.45, 7) is 6.05. The van der Waals surface area contributed by atoms with Crippen LogP contribution in [-0.4, -0.2) is 59.4 Å². The molecule has 2 unspecified atom stereocenters. The summed E-state index contributed by atoms with van der Waals surface area (Å²) in [4.78, 5) is 37.8. The third-order valence-corrected chi connectivity index (χ3v) is 7.22. The second-order valence-electron chi connectivity index (χ2n) is 11.1. The van der Waals surface area contributed by atoms with Crippen LogP contribution in [0.4, 0.5) is 29.7 Å². The number of nitrogen functional groups attached to an aromatic ring is 1. The lowest BCUT2D eigenvalue weighted by atomic mass is 9.91. The van der Waals surface area contributed by atoms with E-state index in [0.29, 0.717) is 25.9 Å². The summed E-state index contributed by atoms with van der Waals surface area (Å²) in [5.41, 5.74) is 2.27. The largest absolute Gasteiger partial charge is 0.511 e. The molecule has 1 aromatic heterocycles. The van der Waals surface area contributed by atoms with Crippen molar-refractivity contribution in [3.05, 3.63) is 28.1 Å². The van der Waals surface area contributed by atoms with Crippen LogP contribution >= 0.6 is 0 Å². The number of benzene rings is 1. The van der Waals surface area contributed by atoms with Gasteiger partial charge in [0.25, 0.3) is 0 Å². The number of hydrogen-bond acceptors (Lipinski definition) is 8. The Hall–Kier alpha value is -3.61. The molecule has 206 valence electrons. The molecule has 3 aliphatic rings. The van der Waals surface area contributed by atoms with Crippen LogP contribution in [0.25, 0.3) is 10.9 Å². The van der Waals surface area contributed by atoms with Gasteiger partial charge < -0.3 is 39.8 Å². The van der Waals surface area contributed by atoms with Crippen LogP contribution in [0.15, 0.2) is 11.0 Å². The highest BCUT2D eigenvalue weighted by Gasteiger charge is 2.52. The van der Waals surface area contributed by atoms with Crippen LogP contribution in [-0.2, 0) is 9.47 Å². The molecule has 0 radical (unpaired) electrons. The summed E-state index contributed by atoms with van der Waals surface area (Å²) in [7, 11) is 0. The summed E-state index contributed by atoms with van der Waals surface area (Å²) in [6, 6.07) is -0.216. The average Bonchev–Trinajstić information content (AvgIpc) is 3.49. The molecule has 2 atom stereocenters. The predicted molar refractivity (Wildman–Crippen MR) is 133 cm³/mol. The molecule has 1 amide bonds. The van der Waals surface area contributed by atoms with Gasteiger partial charge in [-0.1, -0.05) is 0 Å². The highest BCUT2D eigenvalue weighted by Crippen LogP contribution is 2.46. The Balaban J connectivity index is 1.54. The molecule has 5 rings (SSSR count). The quantitative estimate of drug-likeness (QED) is 0.387. The van der Waals surface area contributed by atoms with E-state index in [9.17, 15) is 14.4 Å². The summed E-state index contributed by atoms with van der Waals surface area (Å²) in [6.07, 6.45) is 0.732. The van der Waals surface area contributed by atoms with Gasteiger partial charge in [-0.15, -0.1) is 0 Å². The molecular weight excluding hydrogens is 506 g/mol. The molecule has 1 aliphatic carbocycles. The maximum atomic E-state index is 16.2. The number of pyridine rings is 1. The number of rotatable bonds is 5. The third kappa shape index (κ3) is 4.48. The van der Waals surface area contributed by atoms with E-state index in [4.69, 9.17) is 20.3 Å². The number of carbonyl (C=O) groups excluding carboxylic acids is 1. The Labute approximate surface area is 216 Å². The Bertz CT molecular complexity index is 1380. The Kier molecular flexibility index (Phi) is 6.16. The van der Waals surface area contributed by atoms with Gasteiger partial charge in [0, 0.05) is 31.7 Å². The van der Waals surface area contributed by atoms with E-state index in [2.05, 4.69) is 10.1 Å². The molecule has 11 nitrogen and oxygen atoms in total. The van der Waals surface area contributed by atoms with E-state index < -0.39 is 63.0 Å². The molecular formula is C25H30F2N4O7. The molecule has 1 saturated carbocycles. The Morgan fingerprint density at radius 3 is 2.61 bits per heavy atom. The zero-order chi connectivity index (χ0) is 27.6. The summed E-state index contributed by atoms with van der Waals surface area (Å²) >= 11 is 0. The van der Waals surface area contributed by atoms with Gasteiger partial charge in [-0.05, 0) is 40.0 Å². The van der Waals surface area contributed by atoms with Crippen LogP contribution in [0.3, 0.4) is 0 Å². The minimum atomic E-state index is -1.73. The van der Waals surface area contributed by atoms with Crippen molar-refractivity contribution in [3.8, 4) is 5.75 Å². The lowest BCUT2D eigenvalue weighted by molar-refractivity contribution is -0.000290. The van der Waals surface area contributed by atoms with Gasteiger partial charge >= 0.3 is 12.2 Å². The minimum Gasteiger partial charge on any atom is -0.449 e. The van der Waals surface area contributed by atoms with Crippen molar-refractivity contribution in [1.82, 2.24) is 9.88 Å². The molecule has 0 bridgehead atoms. The fraction of sp³-hybridized carbons (Fsp3) is 0.560. The van der Waals surface area contributed by atoms with Gasteiger partial charge in [0.15, 0.2) is 17.4 Å². The molecule has 2 aliphatic heterocycles. The van der Waals surface area contributed by atoms with Crippen molar-refractivity contribution in [3.63, 3.8) is 0 Å². The second kappa shape index (κ2) is 9.00. The molecule has 2 aromatic rings. The number of ether oxygens (including phenoxy) is 3. The average molecular weight is 537 g/mol. The first-order valence-electron chi connectivity index (χ1n) is 12.4. The number of nitrogens with one attached hydrogen (secondary N) is 1. The van der Waals surface area contributed by atoms with Gasteiger partial charge in [-0.2, -0.15) is 0 Å². The third-order valence-electron chi connectivity index (χ3n) is 7.22. The molecule has 3 fully saturated rings. The lowest BCUT2D eigenvalue weighted by Crippen LogP contribution is -2.49. The molecule has 13 heteroatoms. The van der Waals surface area contributed by atoms with Crippen molar-refractivity contribution in [2.75, 3.05) is 36.9 Å². The van der Waals surface area contributed by atoms with Crippen molar-refractivity contribution in [2.45, 2.75) is 57.3 Å². The monoisotopic (exact) mass is 536 g/mol. The van der Waals surface area contributed by atoms with Crippen molar-refractivity contribution >= 4 is 34.5 Å². The molecule has 4 N–H and O–H groups in total. The minimum absolute atomic E-state index is 0.0696. The first-order chi connectivity index (χ1) is 17.8. The Morgan fingerprint density at radius 2 is 1.97 bits per heavy atom. The number of carboxylic acid groups (broad SMARTS) is 1. The normalized spacial score (nSPS) is 23.0. The maximum absolute atomic E-state index is 16.2. The number of hydrogen-bond donors (Lipinski definition) is 3. The fourth-order valence-electron chi connectivity index (χ4n) is 5.44. The van der Waals surface area contributed by atoms with Crippen molar-refractivity contribution < 1.29 is 37.7 Å². The summed E-state index contributed by atoms with van der Waals surface area (Å²) < 4.78 is 49.2. The van der Waals surface area contributed by atoms with Gasteiger partial charge in [0.1, 0.15) is 16.9 Å². The zero-order valence-corrected chi connectivity index (χ0v) is 21.3. The van der Waals surface area contributed by atoms with Crippen molar-refractivity contribution in [1.29, 1.82) is 0 Å². The van der Waals surface area contributed by atoms with E-state index in [1.807, 2.05) is 0 Å². The van der Waals surface area contributed by atoms with E-state index in [0.717, 1.165) is 6.20 Å². The SMILES string of the molecule is CC(C)(C)OC(=O)NCC12CN(c3c(F)c(N)c4c(=O)c(OC(=O)O)cn(C5CC5)c4c3F)CC1CCO2. The van der Waals surface area contributed by atoms with Gasteiger partial charge in [-0.3, -0.25) is 4.79 Å². The van der Waals surface area contributed by atoms with E-state index in [-0.39, 0.29) is 37.1 Å². The Morgan fingerprint density at radius 1 is 1.26 bits per heavy atom. The van der Waals surface area contributed by atoms with E-state index >= 15 is 8.78 Å².